The van der Waals surface area contributed by atoms with Crippen LogP contribution in [0.3, 0.4) is 0 Å². The Kier molecular flexibility index (Phi) is 5.68. The molecule has 1 aliphatic rings. The van der Waals surface area contributed by atoms with E-state index >= 15 is 0 Å². The van der Waals surface area contributed by atoms with Crippen molar-refractivity contribution in [2.24, 2.45) is 10.2 Å². The second-order valence-electron chi connectivity index (χ2n) is 7.91. The number of para-hydroxylation sites is 1. The molecule has 2 aromatic carbocycles. The van der Waals surface area contributed by atoms with Crippen molar-refractivity contribution in [2.45, 2.75) is 31.1 Å². The second kappa shape index (κ2) is 7.78. The molecule has 1 heterocycles. The number of nitrogens with one attached hydrogen (secondary N) is 2. The van der Waals surface area contributed by atoms with Crippen molar-refractivity contribution in [3.63, 3.8) is 0 Å². The van der Waals surface area contributed by atoms with E-state index in [-0.39, 0.29) is 32.7 Å². The van der Waals surface area contributed by atoms with Gasteiger partial charge in [-0.2, -0.15) is 5.10 Å². The fourth-order valence-electron chi connectivity index (χ4n) is 3.05. The minimum atomic E-state index is -3.93. The zero-order chi connectivity index (χ0) is 22.3. The van der Waals surface area contributed by atoms with Gasteiger partial charge in [0.2, 0.25) is 10.0 Å². The molecule has 0 saturated carbocycles. The number of primary sulfonamides is 1. The van der Waals surface area contributed by atoms with Crippen molar-refractivity contribution < 1.29 is 13.2 Å². The molecule has 0 radical (unpaired) electrons. The smallest absolute Gasteiger partial charge is 0.279 e. The first-order valence-corrected chi connectivity index (χ1v) is 11.0. The summed E-state index contributed by atoms with van der Waals surface area (Å²) in [6.45, 7) is 6.27. The van der Waals surface area contributed by atoms with Crippen molar-refractivity contribution in [2.75, 3.05) is 17.3 Å². The van der Waals surface area contributed by atoms with Gasteiger partial charge in [0.15, 0.2) is 10.8 Å². The Balaban J connectivity index is 1.87. The normalized spacial score (nSPS) is 15.3. The van der Waals surface area contributed by atoms with Crippen LogP contribution >= 0.6 is 12.2 Å². The largest absolute Gasteiger partial charge is 0.330 e. The molecule has 0 unspecified atom stereocenters. The van der Waals surface area contributed by atoms with Gasteiger partial charge in [-0.1, -0.05) is 39.0 Å². The molecular formula is C20H23N5O3S2. The molecule has 1 amide bonds. The first kappa shape index (κ1) is 21.9. The van der Waals surface area contributed by atoms with Crippen molar-refractivity contribution in [3.05, 3.63) is 53.6 Å². The zero-order valence-electron chi connectivity index (χ0n) is 17.1. The topological polar surface area (TPSA) is 117 Å². The maximum Gasteiger partial charge on any atom is 0.279 e. The minimum absolute atomic E-state index is 0.0227. The van der Waals surface area contributed by atoms with Gasteiger partial charge in [-0.3, -0.25) is 10.2 Å². The highest BCUT2D eigenvalue weighted by Gasteiger charge is 2.33. The Hall–Kier alpha value is -2.82. The SMILES string of the molecule is CN1C(=O)C(=NNC(=S)Nc2ccccc2S(N)(=O)=O)c2cc(C(C)(C)C)ccc21. The highest BCUT2D eigenvalue weighted by molar-refractivity contribution is 7.89. The number of carbonyl (C=O) groups is 1. The summed E-state index contributed by atoms with van der Waals surface area (Å²) in [5.41, 5.74) is 5.50. The Morgan fingerprint density at radius 2 is 1.83 bits per heavy atom. The van der Waals surface area contributed by atoms with E-state index in [0.717, 1.165) is 11.3 Å². The number of anilines is 2. The van der Waals surface area contributed by atoms with Crippen LogP contribution in [-0.2, 0) is 20.2 Å². The average Bonchev–Trinajstić information content (AvgIpc) is 2.89. The number of likely N-dealkylation sites (N-methyl/N-ethyl adjacent to an activating group) is 1. The first-order valence-electron chi connectivity index (χ1n) is 9.09. The molecule has 1 aliphatic heterocycles. The van der Waals surface area contributed by atoms with Gasteiger partial charge in [0.1, 0.15) is 4.90 Å². The number of rotatable bonds is 3. The summed E-state index contributed by atoms with van der Waals surface area (Å²) in [5, 5.41) is 12.2. The van der Waals surface area contributed by atoms with Gasteiger partial charge in [0.05, 0.1) is 11.4 Å². The molecule has 3 rings (SSSR count). The summed E-state index contributed by atoms with van der Waals surface area (Å²) < 4.78 is 23.5. The Morgan fingerprint density at radius 1 is 1.17 bits per heavy atom. The van der Waals surface area contributed by atoms with Gasteiger partial charge in [0, 0.05) is 12.6 Å². The summed E-state index contributed by atoms with van der Waals surface area (Å²) in [6, 6.07) is 11.9. The number of nitrogens with two attached hydrogens (primary N) is 1. The molecule has 0 spiro atoms. The Morgan fingerprint density at radius 3 is 2.47 bits per heavy atom. The molecule has 0 atom stereocenters. The maximum atomic E-state index is 12.7. The molecule has 4 N–H and O–H groups in total. The van der Waals surface area contributed by atoms with Crippen LogP contribution in [-0.4, -0.2) is 32.2 Å². The molecule has 0 aliphatic carbocycles. The van der Waals surface area contributed by atoms with Gasteiger partial charge >= 0.3 is 0 Å². The maximum absolute atomic E-state index is 12.7. The minimum Gasteiger partial charge on any atom is -0.330 e. The number of thiocarbonyl (C=S) groups is 1. The number of carbonyl (C=O) groups excluding carboxylic acids is 1. The third-order valence-corrected chi connectivity index (χ3v) is 5.86. The number of hydrogen-bond acceptors (Lipinski definition) is 5. The van der Waals surface area contributed by atoms with Crippen LogP contribution in [0.4, 0.5) is 11.4 Å². The van der Waals surface area contributed by atoms with Gasteiger partial charge in [0.25, 0.3) is 5.91 Å². The summed E-state index contributed by atoms with van der Waals surface area (Å²) in [7, 11) is -2.25. The van der Waals surface area contributed by atoms with E-state index in [1.165, 1.54) is 17.0 Å². The quantitative estimate of drug-likeness (QED) is 0.493. The van der Waals surface area contributed by atoms with E-state index in [1.807, 2.05) is 18.2 Å². The molecule has 30 heavy (non-hydrogen) atoms. The summed E-state index contributed by atoms with van der Waals surface area (Å²) in [6.07, 6.45) is 0. The van der Waals surface area contributed by atoms with Crippen LogP contribution in [0.15, 0.2) is 52.5 Å². The van der Waals surface area contributed by atoms with E-state index in [2.05, 4.69) is 36.6 Å². The molecule has 0 fully saturated rings. The van der Waals surface area contributed by atoms with Crippen molar-refractivity contribution in [1.82, 2.24) is 5.43 Å². The van der Waals surface area contributed by atoms with E-state index < -0.39 is 10.0 Å². The number of hydrazone groups is 1. The lowest BCUT2D eigenvalue weighted by Crippen LogP contribution is -2.30. The van der Waals surface area contributed by atoms with Crippen molar-refractivity contribution >= 4 is 50.3 Å². The molecule has 158 valence electrons. The van der Waals surface area contributed by atoms with Gasteiger partial charge < -0.3 is 10.2 Å². The fraction of sp³-hybridized carbons (Fsp3) is 0.250. The number of sulfonamides is 1. The lowest BCUT2D eigenvalue weighted by atomic mass is 9.85. The standard InChI is InChI=1S/C20H23N5O3S2/c1-20(2,3)12-9-10-15-13(11-12)17(18(26)25(15)4)23-24-19(29)22-14-7-5-6-8-16(14)30(21,27)28/h5-11H,1-4H3,(H2,21,27,28)(H2,22,24,29). The van der Waals surface area contributed by atoms with Crippen LogP contribution in [0.25, 0.3) is 0 Å². The van der Waals surface area contributed by atoms with E-state index in [4.69, 9.17) is 17.4 Å². The molecule has 0 aromatic heterocycles. The van der Waals surface area contributed by atoms with Crippen LogP contribution in [0, 0.1) is 0 Å². The van der Waals surface area contributed by atoms with Crippen LogP contribution < -0.4 is 20.8 Å². The summed E-state index contributed by atoms with van der Waals surface area (Å²) in [4.78, 5) is 14.1. The summed E-state index contributed by atoms with van der Waals surface area (Å²) >= 11 is 5.22. The summed E-state index contributed by atoms with van der Waals surface area (Å²) in [5.74, 6) is -0.267. The van der Waals surface area contributed by atoms with Gasteiger partial charge in [-0.15, -0.1) is 0 Å². The van der Waals surface area contributed by atoms with Crippen molar-refractivity contribution in [3.8, 4) is 0 Å². The Bertz CT molecular complexity index is 1170. The first-order chi connectivity index (χ1) is 13.9. The highest BCUT2D eigenvalue weighted by Crippen LogP contribution is 2.33. The molecule has 0 bridgehead atoms. The average molecular weight is 446 g/mol. The van der Waals surface area contributed by atoms with Crippen LogP contribution in [0.5, 0.6) is 0 Å². The monoisotopic (exact) mass is 445 g/mol. The highest BCUT2D eigenvalue weighted by atomic mass is 32.2. The zero-order valence-corrected chi connectivity index (χ0v) is 18.7. The van der Waals surface area contributed by atoms with Crippen molar-refractivity contribution in [1.29, 1.82) is 0 Å². The number of amides is 1. The Labute approximate surface area is 181 Å². The van der Waals surface area contributed by atoms with Gasteiger partial charge in [-0.25, -0.2) is 13.6 Å². The van der Waals surface area contributed by atoms with E-state index in [0.29, 0.717) is 5.56 Å². The molecule has 10 heteroatoms. The molecule has 8 nitrogen and oxygen atoms in total. The van der Waals surface area contributed by atoms with Crippen LogP contribution in [0.1, 0.15) is 31.9 Å². The lowest BCUT2D eigenvalue weighted by Gasteiger charge is -2.20. The number of fused-ring (bicyclic) bond motifs is 1. The number of hydrogen-bond donors (Lipinski definition) is 3. The number of nitrogens with zero attached hydrogens (tertiary/aromatic N) is 2. The lowest BCUT2D eigenvalue weighted by molar-refractivity contribution is -0.111. The van der Waals surface area contributed by atoms with Gasteiger partial charge in [-0.05, 0) is 47.5 Å². The second-order valence-corrected chi connectivity index (χ2v) is 9.85. The molecule has 0 saturated heterocycles. The molecule has 2 aromatic rings. The predicted molar refractivity (Wildman–Crippen MR) is 122 cm³/mol. The molecular weight excluding hydrogens is 422 g/mol. The number of benzene rings is 2. The third-order valence-electron chi connectivity index (χ3n) is 4.70. The fourth-order valence-corrected chi connectivity index (χ4v) is 3.90. The third kappa shape index (κ3) is 4.35. The predicted octanol–water partition coefficient (Wildman–Crippen LogP) is 2.30. The van der Waals surface area contributed by atoms with Crippen LogP contribution in [0.2, 0.25) is 0 Å². The van der Waals surface area contributed by atoms with E-state index in [1.54, 1.807) is 19.2 Å². The van der Waals surface area contributed by atoms with E-state index in [9.17, 15) is 13.2 Å².